The van der Waals surface area contributed by atoms with E-state index in [1.165, 1.54) is 4.70 Å². The monoisotopic (exact) mass is 416 g/mol. The van der Waals surface area contributed by atoms with Crippen molar-refractivity contribution in [1.29, 1.82) is 0 Å². The Hall–Kier alpha value is -1.92. The molecule has 4 nitrogen and oxygen atoms in total. The summed E-state index contributed by atoms with van der Waals surface area (Å²) in [6.45, 7) is 0.622. The van der Waals surface area contributed by atoms with Crippen molar-refractivity contribution in [3.8, 4) is 5.75 Å². The van der Waals surface area contributed by atoms with E-state index in [1.807, 2.05) is 36.4 Å². The Labute approximate surface area is 158 Å². The van der Waals surface area contributed by atoms with Crippen LogP contribution in [-0.4, -0.2) is 17.5 Å². The first-order chi connectivity index (χ1) is 12.2. The molecule has 0 saturated carbocycles. The SMILES string of the molecule is O=C(CCc1nc2ccccc2s1)NC1CCOc2ccc(Br)cc21. The second-order valence-electron chi connectivity index (χ2n) is 6.01. The minimum Gasteiger partial charge on any atom is -0.493 e. The Balaban J connectivity index is 1.40. The highest BCUT2D eigenvalue weighted by molar-refractivity contribution is 9.10. The predicted octanol–water partition coefficient (Wildman–Crippen LogP) is 4.63. The van der Waals surface area contributed by atoms with Crippen LogP contribution in [0.4, 0.5) is 0 Å². The maximum absolute atomic E-state index is 12.4. The number of nitrogens with zero attached hydrogens (tertiary/aromatic N) is 1. The molecule has 1 aliphatic heterocycles. The van der Waals surface area contributed by atoms with Crippen LogP contribution < -0.4 is 10.1 Å². The average Bonchev–Trinajstić information content (AvgIpc) is 3.03. The third-order valence-electron chi connectivity index (χ3n) is 4.25. The summed E-state index contributed by atoms with van der Waals surface area (Å²) in [4.78, 5) is 17.0. The molecule has 0 fully saturated rings. The molecule has 128 valence electrons. The summed E-state index contributed by atoms with van der Waals surface area (Å²) < 4.78 is 7.83. The zero-order chi connectivity index (χ0) is 17.2. The average molecular weight is 417 g/mol. The van der Waals surface area contributed by atoms with Crippen LogP contribution in [0.15, 0.2) is 46.9 Å². The van der Waals surface area contributed by atoms with E-state index in [-0.39, 0.29) is 11.9 Å². The lowest BCUT2D eigenvalue weighted by Gasteiger charge is -2.27. The Morgan fingerprint density at radius 3 is 3.08 bits per heavy atom. The van der Waals surface area contributed by atoms with Crippen LogP contribution in [0, 0.1) is 0 Å². The van der Waals surface area contributed by atoms with Crippen LogP contribution >= 0.6 is 27.3 Å². The van der Waals surface area contributed by atoms with Crippen molar-refractivity contribution >= 4 is 43.4 Å². The molecule has 1 aliphatic rings. The number of thiazole rings is 1. The highest BCUT2D eigenvalue weighted by Crippen LogP contribution is 2.34. The number of halogens is 1. The van der Waals surface area contributed by atoms with Crippen LogP contribution in [-0.2, 0) is 11.2 Å². The van der Waals surface area contributed by atoms with E-state index >= 15 is 0 Å². The van der Waals surface area contributed by atoms with Crippen molar-refractivity contribution in [2.75, 3.05) is 6.61 Å². The summed E-state index contributed by atoms with van der Waals surface area (Å²) in [6.07, 6.45) is 1.90. The molecule has 1 amide bonds. The van der Waals surface area contributed by atoms with Gasteiger partial charge in [-0.3, -0.25) is 4.79 Å². The Morgan fingerprint density at radius 1 is 1.32 bits per heavy atom. The van der Waals surface area contributed by atoms with Crippen LogP contribution in [0.25, 0.3) is 10.2 Å². The van der Waals surface area contributed by atoms with Gasteiger partial charge in [-0.25, -0.2) is 4.98 Å². The number of fused-ring (bicyclic) bond motifs is 2. The molecule has 2 aromatic carbocycles. The molecule has 3 aromatic rings. The molecule has 2 heterocycles. The van der Waals surface area contributed by atoms with Gasteiger partial charge in [0.05, 0.1) is 27.9 Å². The van der Waals surface area contributed by atoms with Gasteiger partial charge in [-0.05, 0) is 30.3 Å². The van der Waals surface area contributed by atoms with Crippen molar-refractivity contribution in [3.63, 3.8) is 0 Å². The van der Waals surface area contributed by atoms with Gasteiger partial charge in [-0.15, -0.1) is 11.3 Å². The second kappa shape index (κ2) is 7.14. The molecule has 0 spiro atoms. The number of hydrogen-bond acceptors (Lipinski definition) is 4. The predicted molar refractivity (Wildman–Crippen MR) is 103 cm³/mol. The molecule has 0 radical (unpaired) electrons. The van der Waals surface area contributed by atoms with Crippen molar-refractivity contribution in [3.05, 3.63) is 57.5 Å². The standard InChI is InChI=1S/C19H17BrN2O2S/c20-12-5-6-16-13(11-12)14(9-10-24-16)21-18(23)7-8-19-22-15-3-1-2-4-17(15)25-19/h1-6,11,14H,7-10H2,(H,21,23). The van der Waals surface area contributed by atoms with E-state index in [9.17, 15) is 4.79 Å². The summed E-state index contributed by atoms with van der Waals surface area (Å²) in [5.74, 6) is 0.906. The molecule has 4 rings (SSSR count). The van der Waals surface area contributed by atoms with Crippen molar-refractivity contribution < 1.29 is 9.53 Å². The smallest absolute Gasteiger partial charge is 0.220 e. The molecule has 0 saturated heterocycles. The number of rotatable bonds is 4. The lowest BCUT2D eigenvalue weighted by molar-refractivity contribution is -0.122. The van der Waals surface area contributed by atoms with Gasteiger partial charge in [0.25, 0.3) is 0 Å². The van der Waals surface area contributed by atoms with Gasteiger partial charge in [0.1, 0.15) is 5.75 Å². The highest BCUT2D eigenvalue weighted by atomic mass is 79.9. The minimum atomic E-state index is 0.00381. The first-order valence-electron chi connectivity index (χ1n) is 8.25. The molecular weight excluding hydrogens is 400 g/mol. The van der Waals surface area contributed by atoms with Crippen LogP contribution in [0.3, 0.4) is 0 Å². The minimum absolute atomic E-state index is 0.00381. The Kier molecular flexibility index (Phi) is 4.72. The lowest BCUT2D eigenvalue weighted by Crippen LogP contribution is -2.32. The fraction of sp³-hybridized carbons (Fsp3) is 0.263. The number of carbonyl (C=O) groups excluding carboxylic acids is 1. The molecule has 0 bridgehead atoms. The maximum atomic E-state index is 12.4. The van der Waals surface area contributed by atoms with E-state index in [0.717, 1.165) is 32.7 Å². The van der Waals surface area contributed by atoms with E-state index in [0.29, 0.717) is 19.4 Å². The molecule has 1 atom stereocenters. The van der Waals surface area contributed by atoms with E-state index < -0.39 is 0 Å². The van der Waals surface area contributed by atoms with Crippen molar-refractivity contribution in [2.45, 2.75) is 25.3 Å². The topological polar surface area (TPSA) is 51.2 Å². The molecule has 6 heteroatoms. The van der Waals surface area contributed by atoms with E-state index in [2.05, 4.69) is 32.3 Å². The second-order valence-corrected chi connectivity index (χ2v) is 8.05. The molecule has 1 N–H and O–H groups in total. The summed E-state index contributed by atoms with van der Waals surface area (Å²) in [7, 11) is 0. The lowest BCUT2D eigenvalue weighted by atomic mass is 10.0. The fourth-order valence-electron chi connectivity index (χ4n) is 3.03. The van der Waals surface area contributed by atoms with Crippen LogP contribution in [0.5, 0.6) is 5.75 Å². The Bertz CT molecular complexity index is 892. The number of nitrogens with one attached hydrogen (secondary N) is 1. The maximum Gasteiger partial charge on any atom is 0.220 e. The molecule has 1 unspecified atom stereocenters. The van der Waals surface area contributed by atoms with E-state index in [1.54, 1.807) is 11.3 Å². The number of para-hydroxylation sites is 1. The van der Waals surface area contributed by atoms with Gasteiger partial charge in [0, 0.05) is 29.3 Å². The Morgan fingerprint density at radius 2 is 2.20 bits per heavy atom. The zero-order valence-electron chi connectivity index (χ0n) is 13.5. The number of aryl methyl sites for hydroxylation is 1. The first kappa shape index (κ1) is 16.5. The van der Waals surface area contributed by atoms with Gasteiger partial charge in [-0.1, -0.05) is 28.1 Å². The van der Waals surface area contributed by atoms with Crippen LogP contribution in [0.2, 0.25) is 0 Å². The fourth-order valence-corrected chi connectivity index (χ4v) is 4.37. The number of benzene rings is 2. The molecule has 0 aliphatic carbocycles. The van der Waals surface area contributed by atoms with Crippen molar-refractivity contribution in [1.82, 2.24) is 10.3 Å². The number of aromatic nitrogens is 1. The third-order valence-corrected chi connectivity index (χ3v) is 5.84. The van der Waals surface area contributed by atoms with Gasteiger partial charge in [0.2, 0.25) is 5.91 Å². The largest absolute Gasteiger partial charge is 0.493 e. The number of carbonyl (C=O) groups is 1. The normalized spacial score (nSPS) is 16.3. The first-order valence-corrected chi connectivity index (χ1v) is 9.86. The zero-order valence-corrected chi connectivity index (χ0v) is 15.9. The number of hydrogen-bond donors (Lipinski definition) is 1. The number of amides is 1. The molecular formula is C19H17BrN2O2S. The quantitative estimate of drug-likeness (QED) is 0.674. The van der Waals surface area contributed by atoms with Crippen molar-refractivity contribution in [2.24, 2.45) is 0 Å². The van der Waals surface area contributed by atoms with Crippen LogP contribution in [0.1, 0.15) is 29.5 Å². The summed E-state index contributed by atoms with van der Waals surface area (Å²) in [5, 5.41) is 4.15. The van der Waals surface area contributed by atoms with Gasteiger partial charge >= 0.3 is 0 Å². The van der Waals surface area contributed by atoms with E-state index in [4.69, 9.17) is 4.74 Å². The van der Waals surface area contributed by atoms with Gasteiger partial charge < -0.3 is 10.1 Å². The highest BCUT2D eigenvalue weighted by Gasteiger charge is 2.23. The van der Waals surface area contributed by atoms with Gasteiger partial charge in [0.15, 0.2) is 0 Å². The summed E-state index contributed by atoms with van der Waals surface area (Å²) in [6, 6.07) is 14.0. The van der Waals surface area contributed by atoms with Gasteiger partial charge in [-0.2, -0.15) is 0 Å². The summed E-state index contributed by atoms with van der Waals surface area (Å²) >= 11 is 5.15. The molecule has 25 heavy (non-hydrogen) atoms. The third kappa shape index (κ3) is 3.70. The number of ether oxygens (including phenoxy) is 1. The molecule has 1 aromatic heterocycles. The summed E-state index contributed by atoms with van der Waals surface area (Å²) in [5.41, 5.74) is 2.04.